The van der Waals surface area contributed by atoms with E-state index < -0.39 is 0 Å². The van der Waals surface area contributed by atoms with Gasteiger partial charge in [-0.25, -0.2) is 0 Å². The minimum atomic E-state index is -0.385. The summed E-state index contributed by atoms with van der Waals surface area (Å²) < 4.78 is 1.07. The van der Waals surface area contributed by atoms with E-state index in [-0.39, 0.29) is 5.91 Å². The summed E-state index contributed by atoms with van der Waals surface area (Å²) in [6.45, 7) is 0.487. The number of benzene rings is 2. The Morgan fingerprint density at radius 3 is 2.55 bits per heavy atom. The van der Waals surface area contributed by atoms with Crippen LogP contribution in [0.15, 0.2) is 48.5 Å². The largest absolute Gasteiger partial charge is 0.365 e. The Bertz CT molecular complexity index is 792. The molecule has 0 radical (unpaired) electrons. The van der Waals surface area contributed by atoms with Gasteiger partial charge < -0.3 is 11.5 Å². The molecule has 0 aliphatic rings. The van der Waals surface area contributed by atoms with Gasteiger partial charge in [-0.3, -0.25) is 4.79 Å². The van der Waals surface area contributed by atoms with E-state index in [1.165, 1.54) is 11.3 Å². The van der Waals surface area contributed by atoms with Crippen LogP contribution in [0.1, 0.15) is 15.2 Å². The van der Waals surface area contributed by atoms with Gasteiger partial charge in [-0.15, -0.1) is 11.3 Å². The first-order chi connectivity index (χ1) is 9.70. The second-order valence-electron chi connectivity index (χ2n) is 4.56. The highest BCUT2D eigenvalue weighted by Gasteiger charge is 2.12. The fraction of sp³-hybridized carbons (Fsp3) is 0.0625. The first kappa shape index (κ1) is 12.8. The van der Waals surface area contributed by atoms with Crippen LogP contribution in [0.3, 0.4) is 0 Å². The topological polar surface area (TPSA) is 69.1 Å². The summed E-state index contributed by atoms with van der Waals surface area (Å²) in [5.74, 6) is -0.385. The lowest BCUT2D eigenvalue weighted by Crippen LogP contribution is -2.07. The molecule has 0 atom stereocenters. The van der Waals surface area contributed by atoms with Gasteiger partial charge in [-0.1, -0.05) is 42.5 Å². The van der Waals surface area contributed by atoms with Gasteiger partial charge in [0.25, 0.3) is 5.91 Å². The molecule has 0 fully saturated rings. The molecule has 3 rings (SSSR count). The third-order valence-electron chi connectivity index (χ3n) is 3.31. The lowest BCUT2D eigenvalue weighted by Gasteiger charge is -2.08. The van der Waals surface area contributed by atoms with Crippen molar-refractivity contribution in [2.45, 2.75) is 6.54 Å². The summed E-state index contributed by atoms with van der Waals surface area (Å²) in [5, 5.41) is 1.04. The lowest BCUT2D eigenvalue weighted by atomic mass is 9.99. The van der Waals surface area contributed by atoms with Crippen LogP contribution < -0.4 is 11.5 Å². The van der Waals surface area contributed by atoms with Gasteiger partial charge in [-0.2, -0.15) is 0 Å². The van der Waals surface area contributed by atoms with E-state index in [0.717, 1.165) is 26.8 Å². The van der Waals surface area contributed by atoms with Crippen LogP contribution in [-0.4, -0.2) is 5.91 Å². The van der Waals surface area contributed by atoms with Gasteiger partial charge in [0.2, 0.25) is 0 Å². The molecule has 0 aliphatic heterocycles. The van der Waals surface area contributed by atoms with E-state index in [9.17, 15) is 4.79 Å². The molecule has 0 aliphatic carbocycles. The van der Waals surface area contributed by atoms with Crippen molar-refractivity contribution in [2.75, 3.05) is 0 Å². The molecule has 4 N–H and O–H groups in total. The Hall–Kier alpha value is -2.17. The van der Waals surface area contributed by atoms with E-state index in [1.54, 1.807) is 0 Å². The number of thiophene rings is 1. The van der Waals surface area contributed by atoms with Gasteiger partial charge >= 0.3 is 0 Å². The summed E-state index contributed by atoms with van der Waals surface area (Å²) >= 11 is 1.43. The fourth-order valence-electron chi connectivity index (χ4n) is 2.36. The van der Waals surface area contributed by atoms with Crippen molar-refractivity contribution in [1.82, 2.24) is 0 Å². The van der Waals surface area contributed by atoms with Crippen LogP contribution in [-0.2, 0) is 6.54 Å². The maximum atomic E-state index is 11.4. The molecule has 0 spiro atoms. The third-order valence-corrected chi connectivity index (χ3v) is 4.51. The number of amides is 1. The van der Waals surface area contributed by atoms with Gasteiger partial charge in [0.05, 0.1) is 4.88 Å². The highest BCUT2D eigenvalue weighted by atomic mass is 32.1. The van der Waals surface area contributed by atoms with Crippen LogP contribution in [0.4, 0.5) is 0 Å². The molecule has 3 aromatic rings. The molecule has 0 bridgehead atoms. The molecule has 0 unspecified atom stereocenters. The predicted molar refractivity (Wildman–Crippen MR) is 83.7 cm³/mol. The van der Waals surface area contributed by atoms with Gasteiger partial charge in [0.1, 0.15) is 0 Å². The van der Waals surface area contributed by atoms with E-state index in [0.29, 0.717) is 11.4 Å². The molecule has 1 amide bonds. The van der Waals surface area contributed by atoms with Crippen molar-refractivity contribution >= 4 is 27.3 Å². The van der Waals surface area contributed by atoms with Crippen molar-refractivity contribution in [3.63, 3.8) is 0 Å². The monoisotopic (exact) mass is 282 g/mol. The van der Waals surface area contributed by atoms with E-state index in [2.05, 4.69) is 12.1 Å². The molecule has 2 aromatic carbocycles. The Morgan fingerprint density at radius 1 is 1.05 bits per heavy atom. The standard InChI is InChI=1S/C16H14N2OS/c17-9-11-4-1-2-6-12(11)13-7-3-5-10-8-14(16(18)19)20-15(10)13/h1-8H,9,17H2,(H2,18,19). The third kappa shape index (κ3) is 2.09. The van der Waals surface area contributed by atoms with E-state index in [1.807, 2.05) is 36.4 Å². The van der Waals surface area contributed by atoms with E-state index >= 15 is 0 Å². The molecular weight excluding hydrogens is 268 g/mol. The SMILES string of the molecule is NCc1ccccc1-c1cccc2cc(C(N)=O)sc12. The molecule has 4 heteroatoms. The zero-order valence-corrected chi connectivity index (χ0v) is 11.6. The highest BCUT2D eigenvalue weighted by Crippen LogP contribution is 2.36. The number of carbonyl (C=O) groups is 1. The predicted octanol–water partition coefficient (Wildman–Crippen LogP) is 3.13. The van der Waals surface area contributed by atoms with Gasteiger partial charge in [0, 0.05) is 11.2 Å². The summed E-state index contributed by atoms with van der Waals surface area (Å²) in [7, 11) is 0. The molecule has 1 aromatic heterocycles. The summed E-state index contributed by atoms with van der Waals surface area (Å²) in [6, 6.07) is 15.9. The van der Waals surface area contributed by atoms with Crippen LogP contribution >= 0.6 is 11.3 Å². The molecule has 3 nitrogen and oxygen atoms in total. The smallest absolute Gasteiger partial charge is 0.258 e. The van der Waals surface area contributed by atoms with Crippen LogP contribution in [0.2, 0.25) is 0 Å². The molecule has 100 valence electrons. The normalized spacial score (nSPS) is 10.8. The molecule has 0 saturated heterocycles. The van der Waals surface area contributed by atoms with Gasteiger partial charge in [-0.05, 0) is 28.1 Å². The average Bonchev–Trinajstić information content (AvgIpc) is 2.91. The molecule has 20 heavy (non-hydrogen) atoms. The number of hydrogen-bond acceptors (Lipinski definition) is 3. The minimum Gasteiger partial charge on any atom is -0.365 e. The number of carbonyl (C=O) groups excluding carboxylic acids is 1. The maximum Gasteiger partial charge on any atom is 0.258 e. The van der Waals surface area contributed by atoms with Gasteiger partial charge in [0.15, 0.2) is 0 Å². The second-order valence-corrected chi connectivity index (χ2v) is 5.61. The van der Waals surface area contributed by atoms with Crippen molar-refractivity contribution in [3.05, 3.63) is 59.0 Å². The first-order valence-corrected chi connectivity index (χ1v) is 7.13. The average molecular weight is 282 g/mol. The number of nitrogens with two attached hydrogens (primary N) is 2. The van der Waals surface area contributed by atoms with Crippen molar-refractivity contribution in [2.24, 2.45) is 11.5 Å². The summed E-state index contributed by atoms with van der Waals surface area (Å²) in [4.78, 5) is 11.9. The Morgan fingerprint density at radius 2 is 1.80 bits per heavy atom. The highest BCUT2D eigenvalue weighted by molar-refractivity contribution is 7.21. The second kappa shape index (κ2) is 5.07. The van der Waals surface area contributed by atoms with E-state index in [4.69, 9.17) is 11.5 Å². The summed E-state index contributed by atoms with van der Waals surface area (Å²) in [5.41, 5.74) is 14.5. The van der Waals surface area contributed by atoms with Crippen molar-refractivity contribution in [1.29, 1.82) is 0 Å². The Balaban J connectivity index is 2.28. The number of fused-ring (bicyclic) bond motifs is 1. The van der Waals surface area contributed by atoms with Crippen LogP contribution in [0.25, 0.3) is 21.2 Å². The van der Waals surface area contributed by atoms with Crippen LogP contribution in [0.5, 0.6) is 0 Å². The quantitative estimate of drug-likeness (QED) is 0.775. The number of rotatable bonds is 3. The Labute approximate surface area is 120 Å². The lowest BCUT2D eigenvalue weighted by molar-refractivity contribution is 0.100. The molecular formula is C16H14N2OS. The molecule has 0 saturated carbocycles. The Kier molecular flexibility index (Phi) is 3.26. The van der Waals surface area contributed by atoms with Crippen molar-refractivity contribution in [3.8, 4) is 11.1 Å². The molecule has 1 heterocycles. The number of hydrogen-bond donors (Lipinski definition) is 2. The first-order valence-electron chi connectivity index (χ1n) is 6.31. The minimum absolute atomic E-state index is 0.385. The zero-order valence-electron chi connectivity index (χ0n) is 10.8. The summed E-state index contributed by atoms with van der Waals surface area (Å²) in [6.07, 6.45) is 0. The van der Waals surface area contributed by atoms with Crippen LogP contribution in [0, 0.1) is 0 Å². The fourth-order valence-corrected chi connectivity index (χ4v) is 3.40. The number of primary amides is 1. The maximum absolute atomic E-state index is 11.4. The zero-order chi connectivity index (χ0) is 14.1. The van der Waals surface area contributed by atoms with Crippen molar-refractivity contribution < 1.29 is 4.79 Å².